The maximum Gasteiger partial charge on any atom is 0.0456 e. The summed E-state index contributed by atoms with van der Waals surface area (Å²) in [7, 11) is 0. The maximum absolute atomic E-state index is 8.24. The van der Waals surface area contributed by atoms with E-state index >= 15 is 0 Å². The van der Waals surface area contributed by atoms with Crippen LogP contribution < -0.4 is 0 Å². The van der Waals surface area contributed by atoms with Gasteiger partial charge in [-0.2, -0.15) is 0 Å². The highest BCUT2D eigenvalue weighted by Crippen LogP contribution is 2.31. The first-order valence-electron chi connectivity index (χ1n) is 8.41. The third-order valence-electron chi connectivity index (χ3n) is 2.74. The Morgan fingerprint density at radius 3 is 3.33 bits per heavy atom. The summed E-state index contributed by atoms with van der Waals surface area (Å²) in [5.74, 6) is -0.862. The van der Waals surface area contributed by atoms with Crippen molar-refractivity contribution < 1.29 is 9.60 Å². The van der Waals surface area contributed by atoms with Crippen LogP contribution in [-0.2, 0) is 0 Å². The lowest BCUT2D eigenvalue weighted by Gasteiger charge is -2.09. The van der Waals surface area contributed by atoms with Gasteiger partial charge in [0.15, 0.2) is 0 Å². The van der Waals surface area contributed by atoms with Gasteiger partial charge in [-0.25, -0.2) is 0 Å². The summed E-state index contributed by atoms with van der Waals surface area (Å²) in [5.41, 5.74) is 1.43. The lowest BCUT2D eigenvalue weighted by Crippen LogP contribution is -2.13. The number of benzene rings is 1. The van der Waals surface area contributed by atoms with Crippen LogP contribution in [0.15, 0.2) is 30.5 Å². The van der Waals surface area contributed by atoms with Crippen LogP contribution >= 0.6 is 0 Å². The molecule has 1 aliphatic heterocycles. The van der Waals surface area contributed by atoms with Crippen LogP contribution in [-0.4, -0.2) is 29.9 Å². The first-order valence-corrected chi connectivity index (χ1v) is 4.91. The van der Waals surface area contributed by atoms with E-state index in [9.17, 15) is 0 Å². The van der Waals surface area contributed by atoms with Crippen molar-refractivity contribution in [2.75, 3.05) is 20.0 Å². The van der Waals surface area contributed by atoms with Gasteiger partial charge in [-0.05, 0) is 37.4 Å². The van der Waals surface area contributed by atoms with Crippen LogP contribution in [0.2, 0.25) is 0 Å². The first kappa shape index (κ1) is 4.30. The zero-order chi connectivity index (χ0) is 16.3. The average Bonchev–Trinajstić information content (AvgIpc) is 2.84. The summed E-state index contributed by atoms with van der Waals surface area (Å²) < 4.78 is 54.9. The topological polar surface area (TPSA) is 19.0 Å². The van der Waals surface area contributed by atoms with Gasteiger partial charge in [0.1, 0.15) is 0 Å². The molecule has 0 amide bonds. The second-order valence-electron chi connectivity index (χ2n) is 3.67. The lowest BCUT2D eigenvalue weighted by molar-refractivity contribution is 0.412. The number of aromatic nitrogens is 1. The molecule has 1 saturated heterocycles. The van der Waals surface area contributed by atoms with Gasteiger partial charge < -0.3 is 9.88 Å². The Labute approximate surface area is 99.7 Å². The largest absolute Gasteiger partial charge is 0.361 e. The lowest BCUT2D eigenvalue weighted by atomic mass is 9.98. The molecular formula is C13H16N2. The van der Waals surface area contributed by atoms with E-state index in [1.54, 1.807) is 6.20 Å². The fourth-order valence-corrected chi connectivity index (χ4v) is 1.99. The van der Waals surface area contributed by atoms with Crippen LogP contribution in [0.4, 0.5) is 0 Å². The van der Waals surface area contributed by atoms with Crippen molar-refractivity contribution >= 4 is 10.9 Å². The van der Waals surface area contributed by atoms with Crippen LogP contribution in [0, 0.1) is 0 Å². The monoisotopic (exact) mass is 207 g/mol. The van der Waals surface area contributed by atoms with Crippen LogP contribution in [0.5, 0.6) is 0 Å². The summed E-state index contributed by atoms with van der Waals surface area (Å²) >= 11 is 0. The molecule has 1 atom stereocenters. The van der Waals surface area contributed by atoms with Crippen molar-refractivity contribution in [1.82, 2.24) is 9.88 Å². The molecule has 1 unspecified atom stereocenters. The van der Waals surface area contributed by atoms with Gasteiger partial charge in [0.2, 0.25) is 0 Å². The quantitative estimate of drug-likeness (QED) is 0.761. The van der Waals surface area contributed by atoms with Crippen LogP contribution in [0.25, 0.3) is 10.9 Å². The number of fused-ring (bicyclic) bond motifs is 1. The van der Waals surface area contributed by atoms with Crippen molar-refractivity contribution in [3.8, 4) is 0 Å². The normalized spacial score (nSPS) is 37.1. The smallest absolute Gasteiger partial charge is 0.0456 e. The fourth-order valence-electron chi connectivity index (χ4n) is 1.99. The predicted molar refractivity (Wildman–Crippen MR) is 63.2 cm³/mol. The molecule has 1 N–H and O–H groups in total. The van der Waals surface area contributed by atoms with Gasteiger partial charge in [0.25, 0.3) is 0 Å². The second kappa shape index (κ2) is 3.38. The highest BCUT2D eigenvalue weighted by atomic mass is 15.1. The predicted octanol–water partition coefficient (Wildman–Crippen LogP) is 2.59. The van der Waals surface area contributed by atoms with Crippen molar-refractivity contribution in [2.24, 2.45) is 0 Å². The number of likely N-dealkylation sites (tertiary alicyclic amines) is 1. The molecule has 0 aliphatic carbocycles. The van der Waals surface area contributed by atoms with E-state index in [1.807, 2.05) is 24.3 Å². The molecule has 1 aliphatic rings. The van der Waals surface area contributed by atoms with Gasteiger partial charge in [0, 0.05) is 33.2 Å². The van der Waals surface area contributed by atoms with E-state index in [-0.39, 0.29) is 6.42 Å². The van der Waals surface area contributed by atoms with E-state index < -0.39 is 25.9 Å². The number of nitrogens with one attached hydrogen (secondary N) is 1. The molecular weight excluding hydrogens is 184 g/mol. The SMILES string of the molecule is [2H]C([2H])([2H])N1C([2H])([2H])CC(c2c[nH]c3ccccc23)C1([2H])[2H]. The van der Waals surface area contributed by atoms with Gasteiger partial charge in [-0.3, -0.25) is 0 Å². The number of hydrogen-bond donors (Lipinski definition) is 1. The Bertz CT molecular complexity index is 704. The Hall–Kier alpha value is -1.28. The average molecular weight is 207 g/mol. The molecule has 0 radical (unpaired) electrons. The molecule has 0 saturated carbocycles. The summed E-state index contributed by atoms with van der Waals surface area (Å²) in [6, 6.07) is 7.34. The second-order valence-corrected chi connectivity index (χ2v) is 3.67. The first-order chi connectivity index (χ1) is 10.0. The van der Waals surface area contributed by atoms with Crippen LogP contribution in [0.3, 0.4) is 0 Å². The summed E-state index contributed by atoms with van der Waals surface area (Å²) in [5, 5.41) is 0.791. The fraction of sp³-hybridized carbons (Fsp3) is 0.385. The molecule has 2 nitrogen and oxygen atoms in total. The number of H-pyrrole nitrogens is 1. The number of aromatic amines is 1. The molecule has 2 aromatic rings. The molecule has 3 rings (SSSR count). The van der Waals surface area contributed by atoms with Gasteiger partial charge in [0.05, 0.1) is 0 Å². The Morgan fingerprint density at radius 1 is 1.53 bits per heavy atom. The minimum atomic E-state index is -2.84. The van der Waals surface area contributed by atoms with Crippen molar-refractivity contribution in [2.45, 2.75) is 12.3 Å². The molecule has 1 aromatic carbocycles. The number of rotatable bonds is 1. The number of likely N-dealkylation sites (N-methyl/N-ethyl adjacent to an activating group) is 1. The van der Waals surface area contributed by atoms with E-state index in [4.69, 9.17) is 9.60 Å². The third-order valence-corrected chi connectivity index (χ3v) is 2.74. The van der Waals surface area contributed by atoms with Gasteiger partial charge in [-0.15, -0.1) is 0 Å². The highest BCUT2D eigenvalue weighted by molar-refractivity contribution is 5.83. The molecule has 1 fully saturated rings. The van der Waals surface area contributed by atoms with Gasteiger partial charge >= 0.3 is 0 Å². The zero-order valence-electron chi connectivity index (χ0n) is 15.1. The Balaban J connectivity index is 2.13. The van der Waals surface area contributed by atoms with Crippen molar-refractivity contribution in [1.29, 1.82) is 0 Å². The molecule has 78 valence electrons. The molecule has 0 bridgehead atoms. The van der Waals surface area contributed by atoms with E-state index in [2.05, 4.69) is 4.98 Å². The Morgan fingerprint density at radius 2 is 2.47 bits per heavy atom. The van der Waals surface area contributed by atoms with Crippen molar-refractivity contribution in [3.05, 3.63) is 36.0 Å². The molecule has 0 spiro atoms. The zero-order valence-corrected chi connectivity index (χ0v) is 8.12. The summed E-state index contributed by atoms with van der Waals surface area (Å²) in [6.07, 6.45) is 1.44. The van der Waals surface area contributed by atoms with Gasteiger partial charge in [-0.1, -0.05) is 18.2 Å². The number of hydrogen-bond acceptors (Lipinski definition) is 1. The van der Waals surface area contributed by atoms with E-state index in [0.717, 1.165) is 10.9 Å². The molecule has 15 heavy (non-hydrogen) atoms. The minimum absolute atomic E-state index is 0.208. The van der Waals surface area contributed by atoms with E-state index in [0.29, 0.717) is 10.5 Å². The van der Waals surface area contributed by atoms with Crippen LogP contribution in [0.1, 0.15) is 27.5 Å². The third kappa shape index (κ3) is 1.45. The molecule has 2 heteroatoms. The standard InChI is InChI=1S/C13H16N2/c1-15-7-6-10(9-15)12-8-14-13-5-3-2-4-11(12)13/h2-5,8,10,14H,6-7,9H2,1H3/i1D3,7D2,9D2. The van der Waals surface area contributed by atoms with E-state index in [1.165, 1.54) is 0 Å². The molecule has 2 heterocycles. The minimum Gasteiger partial charge on any atom is -0.361 e. The number of nitrogens with zero attached hydrogens (tertiary/aromatic N) is 1. The number of para-hydroxylation sites is 1. The summed E-state index contributed by atoms with van der Waals surface area (Å²) in [4.78, 5) is 3.42. The highest BCUT2D eigenvalue weighted by Gasteiger charge is 2.23. The maximum atomic E-state index is 8.24. The molecule has 1 aromatic heterocycles. The summed E-state index contributed by atoms with van der Waals surface area (Å²) in [6.45, 7) is -7.38. The Kier molecular flexibility index (Phi) is 0.970. The van der Waals surface area contributed by atoms with Crippen molar-refractivity contribution in [3.63, 3.8) is 0 Å².